The first-order valence-corrected chi connectivity index (χ1v) is 11.7. The van der Waals surface area contributed by atoms with Crippen LogP contribution in [0.5, 0.6) is 0 Å². The van der Waals surface area contributed by atoms with Gasteiger partial charge >= 0.3 is 18.5 Å². The van der Waals surface area contributed by atoms with E-state index >= 15 is 0 Å². The van der Waals surface area contributed by atoms with Crippen molar-refractivity contribution in [2.24, 2.45) is 35.5 Å². The lowest BCUT2D eigenvalue weighted by atomic mass is 9.54. The minimum absolute atomic E-state index is 0.508. The summed E-state index contributed by atoms with van der Waals surface area (Å²) in [5.74, 6) is 3.62. The Balaban J connectivity index is 1.01. The summed E-state index contributed by atoms with van der Waals surface area (Å²) in [5, 5.41) is 0. The highest BCUT2D eigenvalue weighted by Gasteiger charge is 2.55. The minimum Gasteiger partial charge on any atom is -0.427 e. The maximum absolute atomic E-state index is 12.2. The molecule has 0 unspecified atom stereocenters. The molecule has 0 aromatic carbocycles. The first-order valence-electron chi connectivity index (χ1n) is 11.7. The van der Waals surface area contributed by atoms with E-state index in [4.69, 9.17) is 9.47 Å². The summed E-state index contributed by atoms with van der Waals surface area (Å²) in [6.45, 7) is 0. The summed E-state index contributed by atoms with van der Waals surface area (Å²) >= 11 is 0. The van der Waals surface area contributed by atoms with Crippen LogP contribution in [0, 0.1) is 35.5 Å². The highest BCUT2D eigenvalue weighted by Crippen LogP contribution is 2.58. The largest absolute Gasteiger partial charge is 0.528 e. The van der Waals surface area contributed by atoms with Crippen LogP contribution in [-0.2, 0) is 18.9 Å². The smallest absolute Gasteiger partial charge is 0.427 e. The molecule has 0 spiro atoms. The van der Waals surface area contributed by atoms with Gasteiger partial charge in [-0.3, -0.25) is 0 Å². The van der Waals surface area contributed by atoms with E-state index in [0.717, 1.165) is 38.5 Å². The van der Waals surface area contributed by atoms with Crippen LogP contribution in [0.15, 0.2) is 0 Å². The molecule has 7 nitrogen and oxygen atoms in total. The third-order valence-electron chi connectivity index (χ3n) is 8.90. The molecule has 7 heteroatoms. The van der Waals surface area contributed by atoms with Crippen molar-refractivity contribution in [2.45, 2.75) is 88.3 Å². The van der Waals surface area contributed by atoms with E-state index in [1.807, 2.05) is 0 Å². The maximum atomic E-state index is 12.2. The average Bonchev–Trinajstić information content (AvgIpc) is 2.57. The lowest BCUT2D eigenvalue weighted by Crippen LogP contribution is -2.53. The van der Waals surface area contributed by atoms with E-state index < -0.39 is 29.7 Å². The number of carbonyl (C=O) groups is 3. The van der Waals surface area contributed by atoms with Crippen molar-refractivity contribution in [1.82, 2.24) is 0 Å². The first-order chi connectivity index (χ1) is 14.4. The van der Waals surface area contributed by atoms with Crippen molar-refractivity contribution in [2.75, 3.05) is 0 Å². The molecule has 0 atom stereocenters. The van der Waals surface area contributed by atoms with Gasteiger partial charge in [0.2, 0.25) is 0 Å². The SMILES string of the molecule is O=C(OC(=O)OC12CC3CC(CC(C3)C1)C2)OC(=O)OC12CC3CC(CC(C3)C1)C2. The van der Waals surface area contributed by atoms with Gasteiger partial charge < -0.3 is 18.9 Å². The minimum atomic E-state index is -1.36. The van der Waals surface area contributed by atoms with E-state index in [-0.39, 0.29) is 0 Å². The molecular formula is C23H30O7. The fraction of sp³-hybridized carbons (Fsp3) is 0.870. The number of hydrogen-bond donors (Lipinski definition) is 0. The summed E-state index contributed by atoms with van der Waals surface area (Å²) in [4.78, 5) is 36.5. The summed E-state index contributed by atoms with van der Waals surface area (Å²) < 4.78 is 20.6. The Morgan fingerprint density at radius 2 is 0.733 bits per heavy atom. The topological polar surface area (TPSA) is 88.1 Å². The second-order valence-corrected chi connectivity index (χ2v) is 11.4. The lowest BCUT2D eigenvalue weighted by molar-refractivity contribution is -0.144. The van der Waals surface area contributed by atoms with Crippen molar-refractivity contribution >= 4 is 18.5 Å². The molecule has 0 aliphatic heterocycles. The van der Waals surface area contributed by atoms with Gasteiger partial charge in [0.15, 0.2) is 0 Å². The quantitative estimate of drug-likeness (QED) is 0.441. The van der Waals surface area contributed by atoms with Crippen LogP contribution in [0.2, 0.25) is 0 Å². The summed E-state index contributed by atoms with van der Waals surface area (Å²) in [5.41, 5.74) is -1.02. The number of hydrogen-bond acceptors (Lipinski definition) is 7. The average molecular weight is 418 g/mol. The first kappa shape index (κ1) is 18.9. The molecule has 0 heterocycles. The Morgan fingerprint density at radius 3 is 1.00 bits per heavy atom. The van der Waals surface area contributed by atoms with Gasteiger partial charge in [0, 0.05) is 0 Å². The van der Waals surface area contributed by atoms with Crippen LogP contribution >= 0.6 is 0 Å². The predicted octanol–water partition coefficient (Wildman–Crippen LogP) is 5.35. The molecule has 8 saturated carbocycles. The molecule has 164 valence electrons. The van der Waals surface area contributed by atoms with Crippen LogP contribution in [0.1, 0.15) is 77.0 Å². The normalized spacial score (nSPS) is 47.1. The predicted molar refractivity (Wildman–Crippen MR) is 102 cm³/mol. The van der Waals surface area contributed by atoms with E-state index in [9.17, 15) is 14.4 Å². The fourth-order valence-electron chi connectivity index (χ4n) is 8.86. The molecule has 0 saturated heterocycles. The molecule has 8 bridgehead atoms. The molecule has 8 aliphatic rings. The van der Waals surface area contributed by atoms with Gasteiger partial charge in [-0.15, -0.1) is 0 Å². The van der Waals surface area contributed by atoms with Gasteiger partial charge in [-0.2, -0.15) is 0 Å². The summed E-state index contributed by atoms with van der Waals surface area (Å²) in [6, 6.07) is 0. The van der Waals surface area contributed by atoms with Crippen LogP contribution in [0.25, 0.3) is 0 Å². The molecule has 0 aromatic heterocycles. The van der Waals surface area contributed by atoms with Gasteiger partial charge in [-0.05, 0) is 113 Å². The molecular weight excluding hydrogens is 388 g/mol. The van der Waals surface area contributed by atoms with E-state index in [0.29, 0.717) is 35.5 Å². The Bertz CT molecular complexity index is 639. The Kier molecular flexibility index (Phi) is 4.17. The molecule has 8 rings (SSSR count). The molecule has 8 fully saturated rings. The number of ether oxygens (including phenoxy) is 4. The van der Waals surface area contributed by atoms with Crippen LogP contribution in [-0.4, -0.2) is 29.7 Å². The standard InChI is InChI=1S/C23H30O7/c24-19(27-20(25)29-22-7-13-1-14(8-22)3-15(2-13)9-22)28-21(26)30-23-10-16-4-17(11-23)6-18(5-16)12-23/h13-18H,1-12H2. The van der Waals surface area contributed by atoms with Gasteiger partial charge in [0.05, 0.1) is 0 Å². The third kappa shape index (κ3) is 3.38. The van der Waals surface area contributed by atoms with Crippen LogP contribution in [0.3, 0.4) is 0 Å². The van der Waals surface area contributed by atoms with Crippen molar-refractivity contribution in [1.29, 1.82) is 0 Å². The number of rotatable bonds is 2. The molecule has 0 aromatic rings. The van der Waals surface area contributed by atoms with Crippen molar-refractivity contribution in [3.8, 4) is 0 Å². The Labute approximate surface area is 176 Å². The summed E-state index contributed by atoms with van der Waals surface area (Å²) in [7, 11) is 0. The number of carbonyl (C=O) groups excluding carboxylic acids is 3. The van der Waals surface area contributed by atoms with E-state index in [2.05, 4.69) is 9.47 Å². The summed E-state index contributed by atoms with van der Waals surface area (Å²) in [6.07, 6.45) is 8.88. The molecule has 0 amide bonds. The highest BCUT2D eigenvalue weighted by atomic mass is 16.9. The van der Waals surface area contributed by atoms with Gasteiger partial charge in [0.25, 0.3) is 0 Å². The zero-order chi connectivity index (χ0) is 20.5. The van der Waals surface area contributed by atoms with Gasteiger partial charge in [0.1, 0.15) is 11.2 Å². The van der Waals surface area contributed by atoms with Gasteiger partial charge in [-0.1, -0.05) is 0 Å². The van der Waals surface area contributed by atoms with E-state index in [1.54, 1.807) is 0 Å². The second kappa shape index (κ2) is 6.60. The zero-order valence-electron chi connectivity index (χ0n) is 17.3. The molecule has 30 heavy (non-hydrogen) atoms. The fourth-order valence-corrected chi connectivity index (χ4v) is 8.86. The van der Waals surface area contributed by atoms with Crippen LogP contribution < -0.4 is 0 Å². The molecule has 0 radical (unpaired) electrons. The maximum Gasteiger partial charge on any atom is 0.528 e. The van der Waals surface area contributed by atoms with Crippen molar-refractivity contribution in [3.63, 3.8) is 0 Å². The highest BCUT2D eigenvalue weighted by molar-refractivity contribution is 5.84. The molecule has 0 N–H and O–H groups in total. The third-order valence-corrected chi connectivity index (χ3v) is 8.90. The van der Waals surface area contributed by atoms with E-state index in [1.165, 1.54) is 38.5 Å². The zero-order valence-corrected chi connectivity index (χ0v) is 17.3. The van der Waals surface area contributed by atoms with Gasteiger partial charge in [-0.25, -0.2) is 14.4 Å². The van der Waals surface area contributed by atoms with Crippen molar-refractivity contribution < 1.29 is 33.3 Å². The second-order valence-electron chi connectivity index (χ2n) is 11.4. The Morgan fingerprint density at radius 1 is 0.467 bits per heavy atom. The monoisotopic (exact) mass is 418 g/mol. The molecule has 8 aliphatic carbocycles. The Hall–Kier alpha value is -1.79. The van der Waals surface area contributed by atoms with Crippen molar-refractivity contribution in [3.05, 3.63) is 0 Å². The van der Waals surface area contributed by atoms with Crippen LogP contribution in [0.4, 0.5) is 14.4 Å². The lowest BCUT2D eigenvalue weighted by Gasteiger charge is -2.55.